The van der Waals surface area contributed by atoms with Crippen LogP contribution in [0.25, 0.3) is 0 Å². The lowest BCUT2D eigenvalue weighted by Crippen LogP contribution is -2.42. The highest BCUT2D eigenvalue weighted by Gasteiger charge is 2.26. The first-order valence-corrected chi connectivity index (χ1v) is 4.73. The van der Waals surface area contributed by atoms with Crippen LogP contribution in [0.3, 0.4) is 0 Å². The van der Waals surface area contributed by atoms with Gasteiger partial charge in [-0.25, -0.2) is 0 Å². The number of aliphatic hydroxyl groups is 2. The highest BCUT2D eigenvalue weighted by atomic mass is 31.1. The summed E-state index contributed by atoms with van der Waals surface area (Å²) in [5.74, 6) is 0. The van der Waals surface area contributed by atoms with Gasteiger partial charge < -0.3 is 20.8 Å². The maximum Gasteiger partial charge on any atom is 0.318 e. The van der Waals surface area contributed by atoms with Gasteiger partial charge >= 0.3 is 8.25 Å². The van der Waals surface area contributed by atoms with Crippen LogP contribution in [0.4, 0.5) is 0 Å². The van der Waals surface area contributed by atoms with Gasteiger partial charge in [0.1, 0.15) is 5.72 Å². The molecule has 0 saturated heterocycles. The fraction of sp³-hybridized carbons (Fsp3) is 1.00. The van der Waals surface area contributed by atoms with Crippen molar-refractivity contribution in [3.05, 3.63) is 0 Å². The lowest BCUT2D eigenvalue weighted by Gasteiger charge is -2.26. The Hall–Kier alpha value is 0.0300. The Kier molecular flexibility index (Phi) is 5.65. The van der Waals surface area contributed by atoms with Crippen molar-refractivity contribution >= 4 is 8.25 Å². The fourth-order valence-electron chi connectivity index (χ4n) is 0.779. The second-order valence-electron chi connectivity index (χ2n) is 2.38. The zero-order valence-electron chi connectivity index (χ0n) is 6.56. The molecule has 0 aliphatic heterocycles. The Bertz CT molecular complexity index is 147. The maximum absolute atomic E-state index is 10.3. The van der Waals surface area contributed by atoms with Gasteiger partial charge in [-0.3, -0.25) is 9.09 Å². The summed E-state index contributed by atoms with van der Waals surface area (Å²) in [6.07, 6.45) is 0.0368. The van der Waals surface area contributed by atoms with E-state index in [1.165, 1.54) is 0 Å². The van der Waals surface area contributed by atoms with Crippen molar-refractivity contribution in [3.63, 3.8) is 0 Å². The normalized spacial score (nSPS) is 14.7. The van der Waals surface area contributed by atoms with Crippen LogP contribution in [-0.2, 0) is 9.09 Å². The lowest BCUT2D eigenvalue weighted by atomic mass is 10.1. The summed E-state index contributed by atoms with van der Waals surface area (Å²) >= 11 is 0. The van der Waals surface area contributed by atoms with Crippen LogP contribution in [0.15, 0.2) is 0 Å². The molecule has 1 atom stereocenters. The highest BCUT2D eigenvalue weighted by Crippen LogP contribution is 2.26. The van der Waals surface area contributed by atoms with E-state index in [-0.39, 0.29) is 26.1 Å². The molecule has 0 aliphatic carbocycles. The first kappa shape index (κ1) is 12.0. The largest absolute Gasteiger partial charge is 0.396 e. The van der Waals surface area contributed by atoms with Crippen molar-refractivity contribution in [2.45, 2.75) is 18.6 Å². The van der Waals surface area contributed by atoms with E-state index in [2.05, 4.69) is 4.52 Å². The van der Waals surface area contributed by atoms with Crippen molar-refractivity contribution in [2.75, 3.05) is 13.2 Å². The third kappa shape index (κ3) is 4.82. The molecule has 74 valence electrons. The SMILES string of the molecule is NC(CCO)(CCO)O[PH](=O)O. The molecule has 0 aromatic heterocycles. The zero-order chi connectivity index (χ0) is 9.61. The van der Waals surface area contributed by atoms with Crippen LogP contribution in [0, 0.1) is 0 Å². The second kappa shape index (κ2) is 5.64. The van der Waals surface area contributed by atoms with E-state index in [1.807, 2.05) is 0 Å². The van der Waals surface area contributed by atoms with Crippen LogP contribution in [-0.4, -0.2) is 34.0 Å². The third-order valence-electron chi connectivity index (χ3n) is 1.36. The van der Waals surface area contributed by atoms with Gasteiger partial charge in [0.05, 0.1) is 0 Å². The summed E-state index contributed by atoms with van der Waals surface area (Å²) in [4.78, 5) is 8.42. The van der Waals surface area contributed by atoms with Gasteiger partial charge in [0.2, 0.25) is 0 Å². The number of hydrogen-bond donors (Lipinski definition) is 4. The molecule has 0 radical (unpaired) electrons. The summed E-state index contributed by atoms with van der Waals surface area (Å²) in [6, 6.07) is 0. The standard InChI is InChI=1S/C5H14NO5P/c6-5(1-3-7,2-4-8)11-12(9)10/h7-8,12H,1-4,6H2,(H,9,10). The zero-order valence-corrected chi connectivity index (χ0v) is 7.56. The van der Waals surface area contributed by atoms with Crippen LogP contribution in [0.1, 0.15) is 12.8 Å². The Morgan fingerprint density at radius 2 is 1.75 bits per heavy atom. The maximum atomic E-state index is 10.3. The number of hydrogen-bond acceptors (Lipinski definition) is 5. The van der Waals surface area contributed by atoms with Crippen molar-refractivity contribution in [1.82, 2.24) is 0 Å². The molecule has 5 N–H and O–H groups in total. The summed E-state index contributed by atoms with van der Waals surface area (Å²) in [6.45, 7) is -0.517. The molecular formula is C5H14NO5P. The van der Waals surface area contributed by atoms with Gasteiger partial charge in [-0.15, -0.1) is 0 Å². The topological polar surface area (TPSA) is 113 Å². The molecule has 0 heterocycles. The molecule has 6 nitrogen and oxygen atoms in total. The molecule has 12 heavy (non-hydrogen) atoms. The van der Waals surface area contributed by atoms with Crippen LogP contribution in [0.5, 0.6) is 0 Å². The molecule has 0 aliphatic rings. The summed E-state index contributed by atoms with van der Waals surface area (Å²) in [5, 5.41) is 17.1. The van der Waals surface area contributed by atoms with E-state index in [9.17, 15) is 4.57 Å². The molecule has 0 saturated carbocycles. The van der Waals surface area contributed by atoms with Crippen molar-refractivity contribution < 1.29 is 24.2 Å². The molecule has 7 heteroatoms. The average molecular weight is 199 g/mol. The molecule has 1 unspecified atom stereocenters. The quantitative estimate of drug-likeness (QED) is 0.316. The summed E-state index contributed by atoms with van der Waals surface area (Å²) in [5.41, 5.74) is 4.05. The van der Waals surface area contributed by atoms with E-state index in [4.69, 9.17) is 20.8 Å². The van der Waals surface area contributed by atoms with Gasteiger partial charge in [-0.1, -0.05) is 0 Å². The van der Waals surface area contributed by atoms with Gasteiger partial charge in [0, 0.05) is 26.1 Å². The van der Waals surface area contributed by atoms with Gasteiger partial charge in [0.25, 0.3) is 0 Å². The molecule has 0 amide bonds. The van der Waals surface area contributed by atoms with E-state index in [1.54, 1.807) is 0 Å². The van der Waals surface area contributed by atoms with Crippen molar-refractivity contribution in [1.29, 1.82) is 0 Å². The van der Waals surface area contributed by atoms with Gasteiger partial charge in [-0.05, 0) is 0 Å². The van der Waals surface area contributed by atoms with Crippen LogP contribution < -0.4 is 5.73 Å². The molecule has 0 fully saturated rings. The molecule has 0 rings (SSSR count). The van der Waals surface area contributed by atoms with E-state index < -0.39 is 14.0 Å². The average Bonchev–Trinajstić information content (AvgIpc) is 1.85. The molecule has 0 aromatic carbocycles. The lowest BCUT2D eigenvalue weighted by molar-refractivity contribution is 0.0220. The monoisotopic (exact) mass is 199 g/mol. The minimum absolute atomic E-state index is 0.0184. The Labute approximate surface area is 70.9 Å². The van der Waals surface area contributed by atoms with Crippen LogP contribution >= 0.6 is 8.25 Å². The third-order valence-corrected chi connectivity index (χ3v) is 1.94. The molecule has 0 spiro atoms. The smallest absolute Gasteiger partial charge is 0.318 e. The van der Waals surface area contributed by atoms with Gasteiger partial charge in [-0.2, -0.15) is 0 Å². The molecule has 0 bridgehead atoms. The molecular weight excluding hydrogens is 185 g/mol. The number of rotatable bonds is 6. The minimum Gasteiger partial charge on any atom is -0.396 e. The number of nitrogens with two attached hydrogens (primary N) is 1. The second-order valence-corrected chi connectivity index (χ2v) is 3.12. The van der Waals surface area contributed by atoms with E-state index in [0.29, 0.717) is 0 Å². The fourth-order valence-corrected chi connectivity index (χ4v) is 1.33. The van der Waals surface area contributed by atoms with Crippen LogP contribution in [0.2, 0.25) is 0 Å². The minimum atomic E-state index is -3.13. The summed E-state index contributed by atoms with van der Waals surface area (Å²) < 4.78 is 14.8. The Morgan fingerprint density at radius 1 is 1.33 bits per heavy atom. The first-order chi connectivity index (χ1) is 5.54. The summed E-state index contributed by atoms with van der Waals surface area (Å²) in [7, 11) is -3.13. The highest BCUT2D eigenvalue weighted by molar-refractivity contribution is 7.32. The van der Waals surface area contributed by atoms with Crippen molar-refractivity contribution in [2.24, 2.45) is 5.73 Å². The Morgan fingerprint density at radius 3 is 2.00 bits per heavy atom. The first-order valence-electron chi connectivity index (χ1n) is 3.46. The Balaban J connectivity index is 4.07. The van der Waals surface area contributed by atoms with Crippen molar-refractivity contribution in [3.8, 4) is 0 Å². The van der Waals surface area contributed by atoms with Gasteiger partial charge in [0.15, 0.2) is 0 Å². The predicted octanol–water partition coefficient (Wildman–Crippen LogP) is -1.20. The van der Waals surface area contributed by atoms with E-state index in [0.717, 1.165) is 0 Å². The van der Waals surface area contributed by atoms with E-state index >= 15 is 0 Å². The number of aliphatic hydroxyl groups excluding tert-OH is 2. The molecule has 0 aromatic rings. The predicted molar refractivity (Wildman–Crippen MR) is 42.6 cm³/mol.